The van der Waals surface area contributed by atoms with Gasteiger partial charge in [-0.05, 0) is 35.9 Å². The number of hydrogen-bond acceptors (Lipinski definition) is 1. The van der Waals surface area contributed by atoms with Gasteiger partial charge in [-0.2, -0.15) is 13.2 Å². The highest BCUT2D eigenvalue weighted by Gasteiger charge is 2.29. The van der Waals surface area contributed by atoms with Gasteiger partial charge in [0.05, 0.1) is 0 Å². The van der Waals surface area contributed by atoms with Crippen LogP contribution in [0.3, 0.4) is 0 Å². The van der Waals surface area contributed by atoms with Gasteiger partial charge >= 0.3 is 5.51 Å². The molecule has 71 valence electrons. The van der Waals surface area contributed by atoms with Crippen molar-refractivity contribution in [3.8, 4) is 0 Å². The van der Waals surface area contributed by atoms with E-state index < -0.39 is 5.51 Å². The molecular formula is C9H8F3S. The lowest BCUT2D eigenvalue weighted by Gasteiger charge is -2.08. The van der Waals surface area contributed by atoms with Crippen LogP contribution in [0.1, 0.15) is 12.5 Å². The lowest BCUT2D eigenvalue weighted by Crippen LogP contribution is -2.00. The van der Waals surface area contributed by atoms with Crippen LogP contribution in [0.25, 0.3) is 0 Å². The van der Waals surface area contributed by atoms with Crippen molar-refractivity contribution in [3.05, 3.63) is 29.8 Å². The lowest BCUT2D eigenvalue weighted by atomic mass is 10.2. The number of aryl methyl sites for hydroxylation is 1. The summed E-state index contributed by atoms with van der Waals surface area (Å²) in [5.41, 5.74) is -3.50. The summed E-state index contributed by atoms with van der Waals surface area (Å²) < 4.78 is 36.0. The van der Waals surface area contributed by atoms with E-state index in [4.69, 9.17) is 0 Å². The molecule has 1 radical (unpaired) electrons. The van der Waals surface area contributed by atoms with Crippen LogP contribution >= 0.6 is 11.8 Å². The molecule has 1 rings (SSSR count). The van der Waals surface area contributed by atoms with E-state index in [1.165, 1.54) is 6.07 Å². The Morgan fingerprint density at radius 1 is 1.46 bits per heavy atom. The number of rotatable bonds is 2. The first kappa shape index (κ1) is 10.4. The minimum atomic E-state index is -4.21. The minimum Gasteiger partial charge on any atom is -0.160 e. The van der Waals surface area contributed by atoms with E-state index in [2.05, 4.69) is 6.07 Å². The van der Waals surface area contributed by atoms with Crippen LogP contribution in [0.4, 0.5) is 13.2 Å². The van der Waals surface area contributed by atoms with Crippen molar-refractivity contribution < 1.29 is 13.2 Å². The fraction of sp³-hybridized carbons (Fsp3) is 0.333. The maximum absolute atomic E-state index is 12.0. The zero-order valence-corrected chi connectivity index (χ0v) is 7.80. The molecule has 1 aromatic carbocycles. The van der Waals surface area contributed by atoms with Crippen LogP contribution in [-0.4, -0.2) is 5.51 Å². The van der Waals surface area contributed by atoms with Crippen LogP contribution in [0.5, 0.6) is 0 Å². The smallest absolute Gasteiger partial charge is 0.160 e. The Hall–Kier alpha value is -0.640. The molecule has 0 unspecified atom stereocenters. The SMILES string of the molecule is CCc1cc[c]cc1SC(F)(F)F. The van der Waals surface area contributed by atoms with E-state index in [0.717, 1.165) is 0 Å². The molecule has 0 aliphatic rings. The third-order valence-corrected chi connectivity index (χ3v) is 2.35. The fourth-order valence-electron chi connectivity index (χ4n) is 0.959. The quantitative estimate of drug-likeness (QED) is 0.664. The lowest BCUT2D eigenvalue weighted by molar-refractivity contribution is -0.0328. The number of halogens is 3. The summed E-state index contributed by atoms with van der Waals surface area (Å²) in [5.74, 6) is 0. The third-order valence-electron chi connectivity index (χ3n) is 1.52. The summed E-state index contributed by atoms with van der Waals surface area (Å²) in [6, 6.07) is 7.29. The summed E-state index contributed by atoms with van der Waals surface area (Å²) in [6.45, 7) is 1.83. The molecule has 4 heteroatoms. The van der Waals surface area contributed by atoms with E-state index in [0.29, 0.717) is 12.0 Å². The molecule has 0 saturated carbocycles. The van der Waals surface area contributed by atoms with Crippen molar-refractivity contribution in [1.29, 1.82) is 0 Å². The highest BCUT2D eigenvalue weighted by molar-refractivity contribution is 8.00. The molecule has 0 saturated heterocycles. The van der Waals surface area contributed by atoms with Crippen molar-refractivity contribution >= 4 is 11.8 Å². The fourth-order valence-corrected chi connectivity index (χ4v) is 1.68. The van der Waals surface area contributed by atoms with Crippen LogP contribution in [0, 0.1) is 6.07 Å². The van der Waals surface area contributed by atoms with Gasteiger partial charge in [0.1, 0.15) is 0 Å². The molecule has 0 amide bonds. The van der Waals surface area contributed by atoms with Gasteiger partial charge < -0.3 is 0 Å². The molecule has 0 heterocycles. The molecule has 1 aromatic rings. The summed E-state index contributed by atoms with van der Waals surface area (Å²) in [4.78, 5) is 0.248. The first-order valence-corrected chi connectivity index (χ1v) is 4.59. The summed E-state index contributed by atoms with van der Waals surface area (Å²) in [5, 5.41) is 0. The second-order valence-electron chi connectivity index (χ2n) is 2.44. The number of thioether (sulfide) groups is 1. The zero-order valence-electron chi connectivity index (χ0n) is 6.98. The van der Waals surface area contributed by atoms with E-state index in [9.17, 15) is 13.2 Å². The maximum atomic E-state index is 12.0. The van der Waals surface area contributed by atoms with Crippen LogP contribution in [0.2, 0.25) is 0 Å². The first-order valence-electron chi connectivity index (χ1n) is 3.77. The Balaban J connectivity index is 2.87. The summed E-state index contributed by atoms with van der Waals surface area (Å²) in [7, 11) is 0. The van der Waals surface area contributed by atoms with Crippen molar-refractivity contribution in [2.45, 2.75) is 23.7 Å². The summed E-state index contributed by atoms with van der Waals surface area (Å²) >= 11 is -0.0793. The van der Waals surface area contributed by atoms with Crippen molar-refractivity contribution in [2.24, 2.45) is 0 Å². The van der Waals surface area contributed by atoms with Crippen LogP contribution < -0.4 is 0 Å². The molecular weight excluding hydrogens is 197 g/mol. The first-order chi connectivity index (χ1) is 6.03. The Labute approximate surface area is 79.1 Å². The highest BCUT2D eigenvalue weighted by atomic mass is 32.2. The molecule has 0 bridgehead atoms. The molecule has 13 heavy (non-hydrogen) atoms. The van der Waals surface area contributed by atoms with Gasteiger partial charge in [0.15, 0.2) is 0 Å². The largest absolute Gasteiger partial charge is 0.446 e. The van der Waals surface area contributed by atoms with Gasteiger partial charge in [-0.3, -0.25) is 0 Å². The Kier molecular flexibility index (Phi) is 3.25. The molecule has 0 aromatic heterocycles. The van der Waals surface area contributed by atoms with Crippen molar-refractivity contribution in [3.63, 3.8) is 0 Å². The predicted octanol–water partition coefficient (Wildman–Crippen LogP) is 3.66. The molecule has 0 spiro atoms. The number of alkyl halides is 3. The molecule has 0 N–H and O–H groups in total. The van der Waals surface area contributed by atoms with E-state index in [-0.39, 0.29) is 16.7 Å². The topological polar surface area (TPSA) is 0 Å². The maximum Gasteiger partial charge on any atom is 0.446 e. The van der Waals surface area contributed by atoms with Gasteiger partial charge in [-0.15, -0.1) is 0 Å². The Morgan fingerprint density at radius 2 is 2.15 bits per heavy atom. The zero-order chi connectivity index (χ0) is 9.90. The number of hydrogen-bond donors (Lipinski definition) is 0. The minimum absolute atomic E-state index is 0.0793. The second-order valence-corrected chi connectivity index (χ2v) is 3.54. The predicted molar refractivity (Wildman–Crippen MR) is 46.6 cm³/mol. The average Bonchev–Trinajstić information content (AvgIpc) is 2.02. The van der Waals surface area contributed by atoms with Gasteiger partial charge in [0.2, 0.25) is 0 Å². The van der Waals surface area contributed by atoms with Gasteiger partial charge in [-0.1, -0.05) is 19.1 Å². The highest BCUT2D eigenvalue weighted by Crippen LogP contribution is 2.38. The number of benzene rings is 1. The Morgan fingerprint density at radius 3 is 2.69 bits per heavy atom. The van der Waals surface area contributed by atoms with E-state index in [1.54, 1.807) is 12.1 Å². The molecule has 0 nitrogen and oxygen atoms in total. The van der Waals surface area contributed by atoms with Crippen LogP contribution in [-0.2, 0) is 6.42 Å². The van der Waals surface area contributed by atoms with Crippen LogP contribution in [0.15, 0.2) is 23.1 Å². The monoisotopic (exact) mass is 205 g/mol. The van der Waals surface area contributed by atoms with E-state index >= 15 is 0 Å². The second kappa shape index (κ2) is 4.05. The molecule has 0 aliphatic carbocycles. The van der Waals surface area contributed by atoms with Gasteiger partial charge in [0.25, 0.3) is 0 Å². The van der Waals surface area contributed by atoms with Crippen molar-refractivity contribution in [2.75, 3.05) is 0 Å². The molecule has 0 atom stereocenters. The van der Waals surface area contributed by atoms with Crippen molar-refractivity contribution in [1.82, 2.24) is 0 Å². The molecule has 0 aliphatic heterocycles. The third kappa shape index (κ3) is 3.30. The van der Waals surface area contributed by atoms with Gasteiger partial charge in [0, 0.05) is 4.90 Å². The van der Waals surface area contributed by atoms with E-state index in [1.807, 2.05) is 6.92 Å². The Bertz CT molecular complexity index is 280. The summed E-state index contributed by atoms with van der Waals surface area (Å²) in [6.07, 6.45) is 0.604. The molecule has 0 fully saturated rings. The average molecular weight is 205 g/mol. The normalized spacial score (nSPS) is 11.7. The standard InChI is InChI=1S/C9H8F3S/c1-2-7-5-3-4-6-8(7)13-9(10,11)12/h3,5-6H,2H2,1H3. The van der Waals surface area contributed by atoms with Gasteiger partial charge in [-0.25, -0.2) is 0 Å².